The molecule has 15 heavy (non-hydrogen) atoms. The lowest BCUT2D eigenvalue weighted by molar-refractivity contribution is 0.424. The van der Waals surface area contributed by atoms with Crippen LogP contribution in [-0.2, 0) is 16.6 Å². The molecule has 5 heteroatoms. The van der Waals surface area contributed by atoms with E-state index in [0.29, 0.717) is 13.1 Å². The van der Waals surface area contributed by atoms with Crippen molar-refractivity contribution in [3.05, 3.63) is 30.1 Å². The average Bonchev–Trinajstić information content (AvgIpc) is 2.27. The largest absolute Gasteiger partial charge is 0.265 e. The van der Waals surface area contributed by atoms with Crippen molar-refractivity contribution in [1.29, 1.82) is 0 Å². The maximum atomic E-state index is 11.6. The Labute approximate surface area is 91.0 Å². The van der Waals surface area contributed by atoms with Gasteiger partial charge in [0.05, 0.1) is 5.75 Å². The van der Waals surface area contributed by atoms with E-state index in [9.17, 15) is 8.42 Å². The van der Waals surface area contributed by atoms with E-state index in [1.54, 1.807) is 19.3 Å². The molecule has 0 fully saturated rings. The van der Waals surface area contributed by atoms with E-state index in [0.717, 1.165) is 5.56 Å². The molecule has 4 nitrogen and oxygen atoms in total. The molecule has 0 atom stereocenters. The molecule has 0 aliphatic carbocycles. The van der Waals surface area contributed by atoms with Crippen molar-refractivity contribution in [2.75, 3.05) is 12.3 Å². The lowest BCUT2D eigenvalue weighted by atomic mass is 10.3. The van der Waals surface area contributed by atoms with Crippen molar-refractivity contribution < 1.29 is 8.42 Å². The third-order valence-electron chi connectivity index (χ3n) is 2.22. The van der Waals surface area contributed by atoms with E-state index in [2.05, 4.69) is 4.98 Å². The van der Waals surface area contributed by atoms with E-state index >= 15 is 0 Å². The van der Waals surface area contributed by atoms with Crippen LogP contribution in [0.3, 0.4) is 0 Å². The Hall–Kier alpha value is -0.940. The van der Waals surface area contributed by atoms with Gasteiger partial charge in [-0.15, -0.1) is 0 Å². The summed E-state index contributed by atoms with van der Waals surface area (Å²) in [4.78, 5) is 3.89. The molecule has 0 aliphatic heterocycles. The normalized spacial score (nSPS) is 11.9. The number of hydrogen-bond donors (Lipinski definition) is 0. The van der Waals surface area contributed by atoms with Crippen LogP contribution in [-0.4, -0.2) is 30.0 Å². The summed E-state index contributed by atoms with van der Waals surface area (Å²) in [5.74, 6) is 0.145. The van der Waals surface area contributed by atoms with Gasteiger partial charge in [0.2, 0.25) is 10.0 Å². The summed E-state index contributed by atoms with van der Waals surface area (Å²) in [6.07, 6.45) is 3.34. The minimum atomic E-state index is -3.10. The topological polar surface area (TPSA) is 50.3 Å². The molecule has 0 N–H and O–H groups in total. The van der Waals surface area contributed by atoms with Gasteiger partial charge in [-0.2, -0.15) is 4.31 Å². The zero-order chi connectivity index (χ0) is 11.3. The second kappa shape index (κ2) is 5.23. The zero-order valence-corrected chi connectivity index (χ0v) is 9.87. The Kier molecular flexibility index (Phi) is 4.23. The highest BCUT2D eigenvalue weighted by molar-refractivity contribution is 7.89. The van der Waals surface area contributed by atoms with Crippen LogP contribution < -0.4 is 0 Å². The van der Waals surface area contributed by atoms with E-state index in [-0.39, 0.29) is 5.75 Å². The molecule has 0 aromatic carbocycles. The van der Waals surface area contributed by atoms with Crippen LogP contribution >= 0.6 is 0 Å². The van der Waals surface area contributed by atoms with E-state index in [4.69, 9.17) is 0 Å². The summed E-state index contributed by atoms with van der Waals surface area (Å²) >= 11 is 0. The number of nitrogens with zero attached hydrogens (tertiary/aromatic N) is 2. The summed E-state index contributed by atoms with van der Waals surface area (Å²) in [5.41, 5.74) is 0.962. The Morgan fingerprint density at radius 2 is 1.87 bits per heavy atom. The van der Waals surface area contributed by atoms with Crippen LogP contribution in [0.15, 0.2) is 24.5 Å². The van der Waals surface area contributed by atoms with Crippen LogP contribution in [0.5, 0.6) is 0 Å². The number of sulfonamides is 1. The van der Waals surface area contributed by atoms with Crippen molar-refractivity contribution in [3.63, 3.8) is 0 Å². The van der Waals surface area contributed by atoms with Gasteiger partial charge >= 0.3 is 0 Å². The minimum absolute atomic E-state index is 0.145. The first-order valence-corrected chi connectivity index (χ1v) is 6.57. The Morgan fingerprint density at radius 1 is 1.27 bits per heavy atom. The molecule has 1 aromatic heterocycles. The van der Waals surface area contributed by atoms with Gasteiger partial charge in [-0.3, -0.25) is 4.98 Å². The van der Waals surface area contributed by atoms with Crippen LogP contribution in [0.1, 0.15) is 19.4 Å². The molecule has 84 valence electrons. The fourth-order valence-corrected chi connectivity index (χ4v) is 2.39. The molecule has 0 radical (unpaired) electrons. The second-order valence-corrected chi connectivity index (χ2v) is 5.44. The van der Waals surface area contributed by atoms with Crippen molar-refractivity contribution in [3.8, 4) is 0 Å². The highest BCUT2D eigenvalue weighted by Crippen LogP contribution is 2.08. The van der Waals surface area contributed by atoms with Gasteiger partial charge in [0.1, 0.15) is 0 Å². The first kappa shape index (κ1) is 12.1. The van der Waals surface area contributed by atoms with Gasteiger partial charge in [-0.25, -0.2) is 8.42 Å². The summed E-state index contributed by atoms with van der Waals surface area (Å²) in [7, 11) is -3.10. The quantitative estimate of drug-likeness (QED) is 0.762. The molecule has 1 heterocycles. The zero-order valence-electron chi connectivity index (χ0n) is 9.05. The first-order chi connectivity index (χ1) is 7.10. The Morgan fingerprint density at radius 3 is 2.33 bits per heavy atom. The predicted molar refractivity (Wildman–Crippen MR) is 59.8 cm³/mol. The summed E-state index contributed by atoms with van der Waals surface area (Å²) < 4.78 is 24.8. The smallest absolute Gasteiger partial charge is 0.214 e. The lowest BCUT2D eigenvalue weighted by Crippen LogP contribution is -2.31. The third kappa shape index (κ3) is 3.28. The molecule has 1 aromatic rings. The maximum absolute atomic E-state index is 11.6. The van der Waals surface area contributed by atoms with E-state index in [1.807, 2.05) is 19.1 Å². The highest BCUT2D eigenvalue weighted by atomic mass is 32.2. The van der Waals surface area contributed by atoms with Gasteiger partial charge in [-0.05, 0) is 24.6 Å². The molecule has 0 aliphatic rings. The van der Waals surface area contributed by atoms with Crippen LogP contribution in [0.2, 0.25) is 0 Å². The molecular formula is C10H16N2O2S. The van der Waals surface area contributed by atoms with Gasteiger partial charge in [0, 0.05) is 25.5 Å². The molecule has 0 spiro atoms. The Balaban J connectivity index is 2.80. The maximum Gasteiger partial charge on any atom is 0.214 e. The summed E-state index contributed by atoms with van der Waals surface area (Å²) in [6, 6.07) is 3.65. The molecule has 0 bridgehead atoms. The first-order valence-electron chi connectivity index (χ1n) is 4.97. The van der Waals surface area contributed by atoms with E-state index < -0.39 is 10.0 Å². The van der Waals surface area contributed by atoms with Gasteiger partial charge < -0.3 is 0 Å². The SMILES string of the molecule is CCN(Cc1ccncc1)S(=O)(=O)CC. The fraction of sp³-hybridized carbons (Fsp3) is 0.500. The van der Waals surface area contributed by atoms with Crippen molar-refractivity contribution in [2.24, 2.45) is 0 Å². The van der Waals surface area contributed by atoms with Crippen molar-refractivity contribution >= 4 is 10.0 Å². The van der Waals surface area contributed by atoms with Crippen molar-refractivity contribution in [2.45, 2.75) is 20.4 Å². The van der Waals surface area contributed by atoms with Crippen LogP contribution in [0, 0.1) is 0 Å². The molecule has 1 rings (SSSR count). The van der Waals surface area contributed by atoms with Gasteiger partial charge in [-0.1, -0.05) is 6.92 Å². The Bertz CT molecular complexity index is 389. The third-order valence-corrected chi connectivity index (χ3v) is 4.12. The van der Waals surface area contributed by atoms with Gasteiger partial charge in [0.15, 0.2) is 0 Å². The number of hydrogen-bond acceptors (Lipinski definition) is 3. The number of pyridine rings is 1. The average molecular weight is 228 g/mol. The monoisotopic (exact) mass is 228 g/mol. The second-order valence-electron chi connectivity index (χ2n) is 3.18. The van der Waals surface area contributed by atoms with Crippen molar-refractivity contribution in [1.82, 2.24) is 9.29 Å². The fourth-order valence-electron chi connectivity index (χ4n) is 1.28. The standard InChI is InChI=1S/C10H16N2O2S/c1-3-12(15(13,14)4-2)9-10-5-7-11-8-6-10/h5-8H,3-4,9H2,1-2H3. The van der Waals surface area contributed by atoms with Crippen LogP contribution in [0.25, 0.3) is 0 Å². The number of rotatable bonds is 5. The van der Waals surface area contributed by atoms with Crippen LogP contribution in [0.4, 0.5) is 0 Å². The molecule has 0 amide bonds. The van der Waals surface area contributed by atoms with Gasteiger partial charge in [0.25, 0.3) is 0 Å². The summed E-state index contributed by atoms with van der Waals surface area (Å²) in [5, 5.41) is 0. The highest BCUT2D eigenvalue weighted by Gasteiger charge is 2.17. The molecule has 0 saturated carbocycles. The summed E-state index contributed by atoms with van der Waals surface area (Å²) in [6.45, 7) is 4.42. The molecular weight excluding hydrogens is 212 g/mol. The lowest BCUT2D eigenvalue weighted by Gasteiger charge is -2.19. The number of aromatic nitrogens is 1. The van der Waals surface area contributed by atoms with E-state index in [1.165, 1.54) is 4.31 Å². The molecule has 0 saturated heterocycles. The predicted octanol–water partition coefficient (Wildman–Crippen LogP) is 1.25. The molecule has 0 unspecified atom stereocenters. The minimum Gasteiger partial charge on any atom is -0.265 e.